The van der Waals surface area contributed by atoms with E-state index in [1.807, 2.05) is 42.6 Å². The number of rotatable bonds is 7. The van der Waals surface area contributed by atoms with Gasteiger partial charge < -0.3 is 10.4 Å². The number of pyridine rings is 1. The lowest BCUT2D eigenvalue weighted by Crippen LogP contribution is -2.30. The van der Waals surface area contributed by atoms with Crippen molar-refractivity contribution in [1.29, 1.82) is 0 Å². The second-order valence-corrected chi connectivity index (χ2v) is 6.34. The Hall–Kier alpha value is -2.49. The molecule has 0 aliphatic heterocycles. The highest BCUT2D eigenvalue weighted by atomic mass is 16.3. The van der Waals surface area contributed by atoms with Crippen molar-refractivity contribution in [1.82, 2.24) is 10.3 Å². The lowest BCUT2D eigenvalue weighted by Gasteiger charge is -2.18. The molecular weight excluding hydrogens is 308 g/mol. The normalized spacial score (nSPS) is 13.4. The zero-order chi connectivity index (χ0) is 17.5. The number of benzene rings is 2. The van der Waals surface area contributed by atoms with Gasteiger partial charge >= 0.3 is 0 Å². The monoisotopic (exact) mass is 332 g/mol. The molecule has 25 heavy (non-hydrogen) atoms. The first-order valence-corrected chi connectivity index (χ1v) is 8.68. The summed E-state index contributed by atoms with van der Waals surface area (Å²) in [6, 6.07) is 22.8. The van der Waals surface area contributed by atoms with E-state index < -0.39 is 0 Å². The Balaban J connectivity index is 1.53. The first-order chi connectivity index (χ1) is 12.2. The Labute approximate surface area is 149 Å². The molecule has 0 saturated heterocycles. The number of nitrogens with one attached hydrogen (secondary N) is 1. The summed E-state index contributed by atoms with van der Waals surface area (Å²) in [4.78, 5) is 4.16. The van der Waals surface area contributed by atoms with Gasteiger partial charge in [-0.25, -0.2) is 0 Å². The molecule has 3 rings (SSSR count). The van der Waals surface area contributed by atoms with E-state index in [-0.39, 0.29) is 12.1 Å². The van der Waals surface area contributed by atoms with Gasteiger partial charge in [0.15, 0.2) is 0 Å². The molecule has 0 bridgehead atoms. The average Bonchev–Trinajstić information content (AvgIpc) is 2.68. The number of hydrogen-bond donors (Lipinski definition) is 2. The largest absolute Gasteiger partial charge is 0.391 e. The highest BCUT2D eigenvalue weighted by Crippen LogP contribution is 2.21. The maximum absolute atomic E-state index is 10.2. The van der Waals surface area contributed by atoms with Crippen LogP contribution >= 0.6 is 0 Å². The first kappa shape index (κ1) is 17.3. The summed E-state index contributed by atoms with van der Waals surface area (Å²) >= 11 is 0. The van der Waals surface area contributed by atoms with Gasteiger partial charge in [-0.3, -0.25) is 4.98 Å². The van der Waals surface area contributed by atoms with Crippen LogP contribution in [0.2, 0.25) is 0 Å². The highest BCUT2D eigenvalue weighted by Gasteiger charge is 2.10. The summed E-state index contributed by atoms with van der Waals surface area (Å²) in [5.74, 6) is 0. The maximum atomic E-state index is 10.2. The Morgan fingerprint density at radius 3 is 2.36 bits per heavy atom. The third kappa shape index (κ3) is 4.99. The van der Waals surface area contributed by atoms with Gasteiger partial charge in [-0.2, -0.15) is 0 Å². The van der Waals surface area contributed by atoms with Crippen LogP contribution in [0.25, 0.3) is 11.1 Å². The molecule has 0 fully saturated rings. The van der Waals surface area contributed by atoms with Crippen LogP contribution < -0.4 is 5.32 Å². The van der Waals surface area contributed by atoms with Gasteiger partial charge in [0, 0.05) is 25.0 Å². The SMILES string of the molecule is CC(NCC(O)Cc1ccccc1)c1ccc(-c2cccnc2)cc1. The quantitative estimate of drug-likeness (QED) is 0.687. The van der Waals surface area contributed by atoms with Crippen molar-refractivity contribution in [3.05, 3.63) is 90.3 Å². The Morgan fingerprint density at radius 1 is 0.920 bits per heavy atom. The topological polar surface area (TPSA) is 45.1 Å². The Bertz CT molecular complexity index is 757. The Morgan fingerprint density at radius 2 is 1.68 bits per heavy atom. The number of nitrogens with zero attached hydrogens (tertiary/aromatic N) is 1. The molecule has 1 heterocycles. The van der Waals surface area contributed by atoms with Crippen LogP contribution in [0.5, 0.6) is 0 Å². The van der Waals surface area contributed by atoms with Crippen LogP contribution in [-0.2, 0) is 6.42 Å². The molecule has 0 aliphatic rings. The van der Waals surface area contributed by atoms with Gasteiger partial charge in [0.1, 0.15) is 0 Å². The second-order valence-electron chi connectivity index (χ2n) is 6.34. The zero-order valence-corrected chi connectivity index (χ0v) is 14.5. The molecule has 3 heteroatoms. The van der Waals surface area contributed by atoms with E-state index in [4.69, 9.17) is 0 Å². The molecule has 2 atom stereocenters. The number of aliphatic hydroxyl groups excluding tert-OH is 1. The van der Waals surface area contributed by atoms with Gasteiger partial charge in [0.25, 0.3) is 0 Å². The predicted molar refractivity (Wildman–Crippen MR) is 102 cm³/mol. The molecule has 0 aliphatic carbocycles. The lowest BCUT2D eigenvalue weighted by atomic mass is 10.0. The van der Waals surface area contributed by atoms with Gasteiger partial charge in [0.05, 0.1) is 6.10 Å². The van der Waals surface area contributed by atoms with Crippen molar-refractivity contribution in [2.75, 3.05) is 6.54 Å². The van der Waals surface area contributed by atoms with Gasteiger partial charge in [-0.15, -0.1) is 0 Å². The van der Waals surface area contributed by atoms with E-state index in [2.05, 4.69) is 47.6 Å². The third-order valence-electron chi connectivity index (χ3n) is 4.38. The molecule has 2 N–H and O–H groups in total. The van der Waals surface area contributed by atoms with E-state index in [0.29, 0.717) is 13.0 Å². The van der Waals surface area contributed by atoms with Crippen LogP contribution in [0.15, 0.2) is 79.1 Å². The summed E-state index contributed by atoms with van der Waals surface area (Å²) < 4.78 is 0. The zero-order valence-electron chi connectivity index (χ0n) is 14.5. The van der Waals surface area contributed by atoms with Crippen molar-refractivity contribution in [3.63, 3.8) is 0 Å². The van der Waals surface area contributed by atoms with Crippen LogP contribution in [0, 0.1) is 0 Å². The number of aromatic nitrogens is 1. The maximum Gasteiger partial charge on any atom is 0.0705 e. The minimum absolute atomic E-state index is 0.188. The van der Waals surface area contributed by atoms with Gasteiger partial charge in [0.2, 0.25) is 0 Å². The lowest BCUT2D eigenvalue weighted by molar-refractivity contribution is 0.168. The van der Waals surface area contributed by atoms with E-state index in [9.17, 15) is 5.11 Å². The average molecular weight is 332 g/mol. The fraction of sp³-hybridized carbons (Fsp3) is 0.227. The Kier molecular flexibility index (Phi) is 5.94. The van der Waals surface area contributed by atoms with Crippen LogP contribution in [0.4, 0.5) is 0 Å². The van der Waals surface area contributed by atoms with Crippen LogP contribution in [0.1, 0.15) is 24.1 Å². The van der Waals surface area contributed by atoms with E-state index >= 15 is 0 Å². The van der Waals surface area contributed by atoms with E-state index in [0.717, 1.165) is 16.7 Å². The summed E-state index contributed by atoms with van der Waals surface area (Å²) in [6.45, 7) is 2.69. The second kappa shape index (κ2) is 8.56. The summed E-state index contributed by atoms with van der Waals surface area (Å²) in [5, 5.41) is 13.6. The van der Waals surface area contributed by atoms with Crippen LogP contribution in [-0.4, -0.2) is 22.7 Å². The van der Waals surface area contributed by atoms with Gasteiger partial charge in [-0.1, -0.05) is 60.7 Å². The summed E-state index contributed by atoms with van der Waals surface area (Å²) in [5.41, 5.74) is 4.64. The highest BCUT2D eigenvalue weighted by molar-refractivity contribution is 5.62. The molecule has 0 radical (unpaired) electrons. The number of hydrogen-bond acceptors (Lipinski definition) is 3. The van der Waals surface area contributed by atoms with Crippen molar-refractivity contribution in [2.45, 2.75) is 25.5 Å². The molecule has 3 aromatic rings. The third-order valence-corrected chi connectivity index (χ3v) is 4.38. The standard InChI is InChI=1S/C22H24N2O/c1-17(24-16-22(25)14-18-6-3-2-4-7-18)19-9-11-20(12-10-19)21-8-5-13-23-15-21/h2-13,15,17,22,24-25H,14,16H2,1H3. The fourth-order valence-corrected chi connectivity index (χ4v) is 2.89. The van der Waals surface area contributed by atoms with Crippen LogP contribution in [0.3, 0.4) is 0 Å². The fourth-order valence-electron chi connectivity index (χ4n) is 2.89. The molecule has 2 aromatic carbocycles. The molecule has 0 spiro atoms. The molecule has 1 aromatic heterocycles. The minimum Gasteiger partial charge on any atom is -0.391 e. The summed E-state index contributed by atoms with van der Waals surface area (Å²) in [6.07, 6.45) is 3.93. The molecule has 3 nitrogen and oxygen atoms in total. The van der Waals surface area contributed by atoms with Crippen molar-refractivity contribution in [3.8, 4) is 11.1 Å². The molecular formula is C22H24N2O. The minimum atomic E-state index is -0.389. The van der Waals surface area contributed by atoms with Crippen molar-refractivity contribution >= 4 is 0 Å². The first-order valence-electron chi connectivity index (χ1n) is 8.68. The molecule has 2 unspecified atom stereocenters. The molecule has 128 valence electrons. The van der Waals surface area contributed by atoms with E-state index in [1.54, 1.807) is 6.20 Å². The van der Waals surface area contributed by atoms with Gasteiger partial charge in [-0.05, 0) is 41.7 Å². The molecule has 0 saturated carbocycles. The number of aliphatic hydroxyl groups is 1. The predicted octanol–water partition coefficient (Wildman–Crippen LogP) is 4.00. The molecule has 0 amide bonds. The van der Waals surface area contributed by atoms with Crippen molar-refractivity contribution < 1.29 is 5.11 Å². The van der Waals surface area contributed by atoms with E-state index in [1.165, 1.54) is 5.56 Å². The van der Waals surface area contributed by atoms with Crippen molar-refractivity contribution in [2.24, 2.45) is 0 Å². The summed E-state index contributed by atoms with van der Waals surface area (Å²) in [7, 11) is 0. The smallest absolute Gasteiger partial charge is 0.0705 e.